The number of piperidine rings is 1. The van der Waals surface area contributed by atoms with Gasteiger partial charge in [0.05, 0.1) is 0 Å². The van der Waals surface area contributed by atoms with Crippen LogP contribution in [0.4, 0.5) is 0 Å². The number of hydrogen-bond donors (Lipinski definition) is 1. The van der Waals surface area contributed by atoms with E-state index in [4.69, 9.17) is 0 Å². The zero-order chi connectivity index (χ0) is 8.77. The molecule has 3 heteroatoms. The van der Waals surface area contributed by atoms with E-state index in [-0.39, 0.29) is 5.41 Å². The first-order valence-corrected chi connectivity index (χ1v) is 4.60. The lowest BCUT2D eigenvalue weighted by atomic mass is 9.78. The molecule has 2 fully saturated rings. The molecule has 0 aromatic rings. The lowest BCUT2D eigenvalue weighted by Crippen LogP contribution is -2.49. The van der Waals surface area contributed by atoms with E-state index < -0.39 is 0 Å². The summed E-state index contributed by atoms with van der Waals surface area (Å²) in [6.07, 6.45) is 1.83. The Balaban J connectivity index is 2.24. The van der Waals surface area contributed by atoms with E-state index in [1.807, 2.05) is 11.9 Å². The smallest absolute Gasteiger partial charge is 0.223 e. The van der Waals surface area contributed by atoms with Gasteiger partial charge in [0.2, 0.25) is 5.91 Å². The molecule has 1 amide bonds. The van der Waals surface area contributed by atoms with Crippen LogP contribution >= 0.6 is 0 Å². The monoisotopic (exact) mass is 168 g/mol. The first-order chi connectivity index (χ1) is 5.63. The predicted octanol–water partition coefficient (Wildman–Crippen LogP) is 0.217. The Bertz CT molecular complexity index is 217. The van der Waals surface area contributed by atoms with E-state index in [9.17, 15) is 4.79 Å². The molecule has 0 aliphatic carbocycles. The fraction of sp³-hybridized carbons (Fsp3) is 0.889. The molecular weight excluding hydrogens is 152 g/mol. The molecule has 2 rings (SSSR count). The summed E-state index contributed by atoms with van der Waals surface area (Å²) in [6.45, 7) is 4.26. The lowest BCUT2D eigenvalue weighted by molar-refractivity contribution is -0.127. The summed E-state index contributed by atoms with van der Waals surface area (Å²) in [5.74, 6) is 0.311. The summed E-state index contributed by atoms with van der Waals surface area (Å²) in [5.41, 5.74) is 0.198. The highest BCUT2D eigenvalue weighted by atomic mass is 16.2. The Morgan fingerprint density at radius 3 is 3.08 bits per heavy atom. The van der Waals surface area contributed by atoms with Crippen molar-refractivity contribution in [3.05, 3.63) is 0 Å². The van der Waals surface area contributed by atoms with Gasteiger partial charge in [-0.2, -0.15) is 0 Å². The number of likely N-dealkylation sites (tertiary alicyclic amines) is 1. The molecule has 2 heterocycles. The van der Waals surface area contributed by atoms with Crippen LogP contribution < -0.4 is 5.32 Å². The minimum Gasteiger partial charge on any atom is -0.342 e. The van der Waals surface area contributed by atoms with Crippen molar-refractivity contribution in [1.82, 2.24) is 10.2 Å². The topological polar surface area (TPSA) is 32.3 Å². The van der Waals surface area contributed by atoms with E-state index >= 15 is 0 Å². The Morgan fingerprint density at radius 2 is 2.42 bits per heavy atom. The van der Waals surface area contributed by atoms with Crippen LogP contribution in [0.5, 0.6) is 0 Å². The largest absolute Gasteiger partial charge is 0.342 e. The van der Waals surface area contributed by atoms with Crippen molar-refractivity contribution in [2.45, 2.75) is 25.8 Å². The number of nitrogens with one attached hydrogen (secondary N) is 1. The van der Waals surface area contributed by atoms with Gasteiger partial charge in [0.1, 0.15) is 0 Å². The first-order valence-electron chi connectivity index (χ1n) is 4.60. The van der Waals surface area contributed by atoms with Gasteiger partial charge < -0.3 is 10.2 Å². The highest BCUT2D eigenvalue weighted by molar-refractivity contribution is 5.80. The number of carbonyl (C=O) groups is 1. The van der Waals surface area contributed by atoms with Crippen LogP contribution in [-0.4, -0.2) is 37.0 Å². The average Bonchev–Trinajstić information content (AvgIpc) is 2.24. The van der Waals surface area contributed by atoms with Gasteiger partial charge in [-0.05, 0) is 13.0 Å². The minimum atomic E-state index is 0.198. The second-order valence-electron chi connectivity index (χ2n) is 4.32. The van der Waals surface area contributed by atoms with Crippen LogP contribution in [0.3, 0.4) is 0 Å². The van der Waals surface area contributed by atoms with E-state index in [0.717, 1.165) is 25.9 Å². The number of fused-ring (bicyclic) bond motifs is 1. The van der Waals surface area contributed by atoms with E-state index in [0.29, 0.717) is 11.9 Å². The van der Waals surface area contributed by atoms with Gasteiger partial charge in [-0.3, -0.25) is 4.79 Å². The fourth-order valence-corrected chi connectivity index (χ4v) is 2.56. The maximum atomic E-state index is 11.4. The molecule has 2 unspecified atom stereocenters. The summed E-state index contributed by atoms with van der Waals surface area (Å²) in [7, 11) is 1.93. The highest BCUT2D eigenvalue weighted by Crippen LogP contribution is 2.39. The van der Waals surface area contributed by atoms with Crippen LogP contribution in [0.1, 0.15) is 19.8 Å². The van der Waals surface area contributed by atoms with E-state index in [1.54, 1.807) is 0 Å². The van der Waals surface area contributed by atoms with Crippen molar-refractivity contribution in [2.75, 3.05) is 20.1 Å². The van der Waals surface area contributed by atoms with Crippen LogP contribution in [0.25, 0.3) is 0 Å². The van der Waals surface area contributed by atoms with E-state index in [2.05, 4.69) is 12.2 Å². The Labute approximate surface area is 73.1 Å². The van der Waals surface area contributed by atoms with Gasteiger partial charge in [0, 0.05) is 31.5 Å². The lowest BCUT2D eigenvalue weighted by Gasteiger charge is -2.37. The van der Waals surface area contributed by atoms with Gasteiger partial charge in [-0.1, -0.05) is 6.92 Å². The van der Waals surface area contributed by atoms with Crippen LogP contribution in [0.2, 0.25) is 0 Å². The molecular formula is C9H16N2O. The third-order valence-electron chi connectivity index (χ3n) is 3.34. The summed E-state index contributed by atoms with van der Waals surface area (Å²) in [5, 5.41) is 3.36. The Morgan fingerprint density at radius 1 is 1.67 bits per heavy atom. The zero-order valence-corrected chi connectivity index (χ0v) is 7.76. The van der Waals surface area contributed by atoms with Gasteiger partial charge in [0.15, 0.2) is 0 Å². The quantitative estimate of drug-likeness (QED) is 0.561. The molecule has 12 heavy (non-hydrogen) atoms. The summed E-state index contributed by atoms with van der Waals surface area (Å²) >= 11 is 0. The third-order valence-corrected chi connectivity index (χ3v) is 3.34. The fourth-order valence-electron chi connectivity index (χ4n) is 2.56. The van der Waals surface area contributed by atoms with Crippen LogP contribution in [0.15, 0.2) is 0 Å². The molecule has 0 radical (unpaired) electrons. The Kier molecular flexibility index (Phi) is 1.65. The highest BCUT2D eigenvalue weighted by Gasteiger charge is 2.47. The molecule has 2 atom stereocenters. The third kappa shape index (κ3) is 0.959. The van der Waals surface area contributed by atoms with Gasteiger partial charge >= 0.3 is 0 Å². The standard InChI is InChI=1S/C9H16N2O/c1-9-5-8(12)11(2)7(9)3-4-10-6-9/h7,10H,3-6H2,1-2H3. The molecule has 0 bridgehead atoms. The van der Waals surface area contributed by atoms with Crippen molar-refractivity contribution < 1.29 is 4.79 Å². The van der Waals surface area contributed by atoms with Gasteiger partial charge in [0.25, 0.3) is 0 Å². The summed E-state index contributed by atoms with van der Waals surface area (Å²) in [4.78, 5) is 13.4. The number of nitrogens with zero attached hydrogens (tertiary/aromatic N) is 1. The predicted molar refractivity (Wildman–Crippen MR) is 46.8 cm³/mol. The minimum absolute atomic E-state index is 0.198. The Hall–Kier alpha value is -0.570. The molecule has 2 aliphatic heterocycles. The SMILES string of the molecule is CN1C(=O)CC2(C)CNCCC12. The number of amides is 1. The number of carbonyl (C=O) groups excluding carboxylic acids is 1. The second kappa shape index (κ2) is 2.46. The molecule has 68 valence electrons. The summed E-state index contributed by atoms with van der Waals surface area (Å²) < 4.78 is 0. The molecule has 3 nitrogen and oxygen atoms in total. The zero-order valence-electron chi connectivity index (χ0n) is 7.76. The molecule has 0 saturated carbocycles. The van der Waals surface area contributed by atoms with Crippen molar-refractivity contribution in [2.24, 2.45) is 5.41 Å². The number of rotatable bonds is 0. The maximum Gasteiger partial charge on any atom is 0.223 e. The van der Waals surface area contributed by atoms with Gasteiger partial charge in [-0.15, -0.1) is 0 Å². The van der Waals surface area contributed by atoms with Crippen molar-refractivity contribution >= 4 is 5.91 Å². The van der Waals surface area contributed by atoms with Crippen molar-refractivity contribution in [1.29, 1.82) is 0 Å². The average molecular weight is 168 g/mol. The second-order valence-corrected chi connectivity index (χ2v) is 4.32. The number of hydrogen-bond acceptors (Lipinski definition) is 2. The van der Waals surface area contributed by atoms with Crippen molar-refractivity contribution in [3.8, 4) is 0 Å². The summed E-state index contributed by atoms with van der Waals surface area (Å²) in [6, 6.07) is 0.478. The van der Waals surface area contributed by atoms with E-state index in [1.165, 1.54) is 0 Å². The molecule has 0 spiro atoms. The first kappa shape index (κ1) is 8.05. The molecule has 0 aromatic heterocycles. The van der Waals surface area contributed by atoms with Crippen LogP contribution in [-0.2, 0) is 4.79 Å². The molecule has 1 N–H and O–H groups in total. The van der Waals surface area contributed by atoms with Gasteiger partial charge in [-0.25, -0.2) is 0 Å². The normalized spacial score (nSPS) is 41.7. The van der Waals surface area contributed by atoms with Crippen molar-refractivity contribution in [3.63, 3.8) is 0 Å². The molecule has 2 aliphatic rings. The van der Waals surface area contributed by atoms with Crippen LogP contribution in [0, 0.1) is 5.41 Å². The maximum absolute atomic E-state index is 11.4. The molecule has 0 aromatic carbocycles. The molecule has 2 saturated heterocycles.